The summed E-state index contributed by atoms with van der Waals surface area (Å²) in [5.74, 6) is 0.645. The van der Waals surface area contributed by atoms with Gasteiger partial charge in [-0.3, -0.25) is 0 Å². The lowest BCUT2D eigenvalue weighted by atomic mass is 9.94. The molecule has 1 saturated carbocycles. The molecule has 2 aromatic rings. The van der Waals surface area contributed by atoms with Gasteiger partial charge in [0.15, 0.2) is 16.8 Å². The molecule has 0 amide bonds. The third-order valence-electron chi connectivity index (χ3n) is 4.01. The number of nitrogens with zero attached hydrogens (tertiary/aromatic N) is 1. The molecule has 5 nitrogen and oxygen atoms in total. The zero-order chi connectivity index (χ0) is 15.0. The third-order valence-corrected chi connectivity index (χ3v) is 4.57. The molecule has 110 valence electrons. The van der Waals surface area contributed by atoms with Gasteiger partial charge in [-0.05, 0) is 37.0 Å². The predicted molar refractivity (Wildman–Crippen MR) is 78.1 cm³/mol. The molecule has 6 heteroatoms. The molecule has 0 bridgehead atoms. The molecule has 1 fully saturated rings. The van der Waals surface area contributed by atoms with E-state index in [1.165, 1.54) is 0 Å². The van der Waals surface area contributed by atoms with Crippen LogP contribution in [0.5, 0.6) is 0 Å². The van der Waals surface area contributed by atoms with Crippen LogP contribution >= 0.6 is 0 Å². The molecule has 1 unspecified atom stereocenters. The maximum absolute atomic E-state index is 11.3. The minimum Gasteiger partial charge on any atom is -0.356 e. The van der Waals surface area contributed by atoms with Crippen molar-refractivity contribution in [2.24, 2.45) is 0 Å². The third kappa shape index (κ3) is 2.56. The van der Waals surface area contributed by atoms with Gasteiger partial charge in [0.25, 0.3) is 0 Å². The van der Waals surface area contributed by atoms with E-state index in [0.717, 1.165) is 41.4 Å². The van der Waals surface area contributed by atoms with E-state index >= 15 is 0 Å². The smallest absolute Gasteiger partial charge is 0.171 e. The molecule has 1 heterocycles. The Labute approximate surface area is 124 Å². The van der Waals surface area contributed by atoms with E-state index < -0.39 is 16.5 Å². The number of carbonyl (C=O) groups excluding carboxylic acids is 1. The van der Waals surface area contributed by atoms with Gasteiger partial charge in [-0.1, -0.05) is 17.3 Å². The normalized spacial score (nSPS) is 17.4. The molecule has 1 aromatic heterocycles. The van der Waals surface area contributed by atoms with Crippen LogP contribution < -0.4 is 0 Å². The summed E-state index contributed by atoms with van der Waals surface area (Å²) >= 11 is -1.90. The maximum Gasteiger partial charge on any atom is 0.171 e. The second-order valence-electron chi connectivity index (χ2n) is 5.45. The molecular formula is C15H15NO4S. The quantitative estimate of drug-likeness (QED) is 0.678. The Kier molecular flexibility index (Phi) is 3.51. The van der Waals surface area contributed by atoms with Gasteiger partial charge in [0.2, 0.25) is 0 Å². The number of benzene rings is 1. The van der Waals surface area contributed by atoms with E-state index in [1.807, 2.05) is 25.1 Å². The number of carbonyl (C=O) groups is 1. The summed E-state index contributed by atoms with van der Waals surface area (Å²) in [6, 6.07) is 5.59. The van der Waals surface area contributed by atoms with E-state index in [1.54, 1.807) is 6.20 Å². The summed E-state index contributed by atoms with van der Waals surface area (Å²) in [6.07, 6.45) is 4.18. The average molecular weight is 305 g/mol. The van der Waals surface area contributed by atoms with Crippen LogP contribution in [0, 0.1) is 6.92 Å². The molecular weight excluding hydrogens is 290 g/mol. The number of aromatic nitrogens is 1. The first-order chi connectivity index (χ1) is 10.1. The van der Waals surface area contributed by atoms with Crippen molar-refractivity contribution >= 4 is 17.4 Å². The molecule has 1 N–H and O–H groups in total. The Bertz CT molecular complexity index is 718. The highest BCUT2D eigenvalue weighted by atomic mass is 32.2. The summed E-state index contributed by atoms with van der Waals surface area (Å²) < 4.78 is 25.4. The van der Waals surface area contributed by atoms with Crippen molar-refractivity contribution in [2.45, 2.75) is 30.9 Å². The van der Waals surface area contributed by atoms with E-state index in [-0.39, 0.29) is 5.75 Å². The van der Waals surface area contributed by atoms with Gasteiger partial charge >= 0.3 is 0 Å². The largest absolute Gasteiger partial charge is 0.356 e. The van der Waals surface area contributed by atoms with Crippen molar-refractivity contribution in [3.05, 3.63) is 41.1 Å². The Hall–Kier alpha value is -1.79. The molecule has 0 saturated heterocycles. The Morgan fingerprint density at radius 1 is 1.48 bits per heavy atom. The molecule has 0 aliphatic heterocycles. The van der Waals surface area contributed by atoms with Crippen LogP contribution in [0.4, 0.5) is 0 Å². The fourth-order valence-electron chi connectivity index (χ4n) is 2.49. The second kappa shape index (κ2) is 5.20. The second-order valence-corrected chi connectivity index (χ2v) is 6.38. The number of rotatable bonds is 5. The van der Waals surface area contributed by atoms with Gasteiger partial charge < -0.3 is 13.9 Å². The van der Waals surface area contributed by atoms with Crippen molar-refractivity contribution in [3.8, 4) is 11.3 Å². The highest BCUT2D eigenvalue weighted by Crippen LogP contribution is 2.49. The van der Waals surface area contributed by atoms with Crippen LogP contribution in [0.1, 0.15) is 29.5 Å². The van der Waals surface area contributed by atoms with Crippen LogP contribution in [0.3, 0.4) is 0 Å². The van der Waals surface area contributed by atoms with Gasteiger partial charge in [0.05, 0.1) is 17.4 Å². The van der Waals surface area contributed by atoms with Crippen molar-refractivity contribution < 1.29 is 18.1 Å². The van der Waals surface area contributed by atoms with E-state index in [0.29, 0.717) is 5.76 Å². The monoisotopic (exact) mass is 305 g/mol. The van der Waals surface area contributed by atoms with Crippen LogP contribution in [-0.4, -0.2) is 20.2 Å². The van der Waals surface area contributed by atoms with E-state index in [9.17, 15) is 9.00 Å². The predicted octanol–water partition coefficient (Wildman–Crippen LogP) is 2.60. The number of aryl methyl sites for hydroxylation is 1. The number of hydrogen-bond acceptors (Lipinski definition) is 4. The van der Waals surface area contributed by atoms with Gasteiger partial charge in [-0.2, -0.15) is 0 Å². The van der Waals surface area contributed by atoms with Gasteiger partial charge in [0, 0.05) is 11.1 Å². The zero-order valence-corrected chi connectivity index (χ0v) is 12.4. The van der Waals surface area contributed by atoms with Crippen LogP contribution in [-0.2, 0) is 27.0 Å². The van der Waals surface area contributed by atoms with Gasteiger partial charge in [-0.25, -0.2) is 4.21 Å². The van der Waals surface area contributed by atoms with Crippen molar-refractivity contribution in [1.29, 1.82) is 0 Å². The summed E-state index contributed by atoms with van der Waals surface area (Å²) in [5, 5.41) is 3.82. The lowest BCUT2D eigenvalue weighted by Gasteiger charge is -2.09. The highest BCUT2D eigenvalue weighted by molar-refractivity contribution is 7.78. The fraction of sp³-hybridized carbons (Fsp3) is 0.333. The molecule has 1 atom stereocenters. The van der Waals surface area contributed by atoms with Gasteiger partial charge in [0.1, 0.15) is 6.29 Å². The molecule has 1 aliphatic carbocycles. The first kappa shape index (κ1) is 14.2. The van der Waals surface area contributed by atoms with Crippen molar-refractivity contribution in [3.63, 3.8) is 0 Å². The summed E-state index contributed by atoms with van der Waals surface area (Å²) in [5.41, 5.74) is 2.85. The molecule has 3 rings (SSSR count). The lowest BCUT2D eigenvalue weighted by molar-refractivity contribution is -0.109. The average Bonchev–Trinajstić information content (AvgIpc) is 3.10. The van der Waals surface area contributed by atoms with E-state index in [4.69, 9.17) is 9.08 Å². The molecule has 1 aliphatic rings. The van der Waals surface area contributed by atoms with Crippen molar-refractivity contribution in [1.82, 2.24) is 5.16 Å². The van der Waals surface area contributed by atoms with Crippen LogP contribution in [0.2, 0.25) is 0 Å². The summed E-state index contributed by atoms with van der Waals surface area (Å²) in [4.78, 5) is 11.3. The Morgan fingerprint density at radius 3 is 2.86 bits per heavy atom. The summed E-state index contributed by atoms with van der Waals surface area (Å²) in [6.45, 7) is 1.89. The fourth-order valence-corrected chi connectivity index (χ4v) is 3.07. The standard InChI is InChI=1S/C15H15NO4S/c1-10-2-3-11(6-12(10)8-21(18)19)14-13(7-16-20-14)15(9-17)4-5-15/h2-3,6-7,9H,4-5,8H2,1H3,(H,18,19). The minimum absolute atomic E-state index is 0.0714. The first-order valence-electron chi connectivity index (χ1n) is 6.64. The number of hydrogen-bond donors (Lipinski definition) is 1. The molecule has 21 heavy (non-hydrogen) atoms. The van der Waals surface area contributed by atoms with Crippen LogP contribution in [0.15, 0.2) is 28.9 Å². The van der Waals surface area contributed by atoms with Crippen molar-refractivity contribution in [2.75, 3.05) is 0 Å². The zero-order valence-electron chi connectivity index (χ0n) is 11.5. The first-order valence-corrected chi connectivity index (χ1v) is 7.92. The topological polar surface area (TPSA) is 80.4 Å². The molecule has 0 spiro atoms. The van der Waals surface area contributed by atoms with E-state index in [2.05, 4.69) is 5.16 Å². The highest BCUT2D eigenvalue weighted by Gasteiger charge is 2.47. The SMILES string of the molecule is Cc1ccc(-c2oncc2C2(C=O)CC2)cc1CS(=O)O. The van der Waals surface area contributed by atoms with Gasteiger partial charge in [-0.15, -0.1) is 0 Å². The molecule has 0 radical (unpaired) electrons. The Balaban J connectivity index is 2.04. The minimum atomic E-state index is -1.90. The maximum atomic E-state index is 11.3. The number of aldehydes is 1. The summed E-state index contributed by atoms with van der Waals surface area (Å²) in [7, 11) is 0. The lowest BCUT2D eigenvalue weighted by Crippen LogP contribution is -2.07. The Morgan fingerprint density at radius 2 is 2.24 bits per heavy atom. The van der Waals surface area contributed by atoms with Crippen LogP contribution in [0.25, 0.3) is 11.3 Å². The molecule has 1 aromatic carbocycles.